The lowest BCUT2D eigenvalue weighted by Gasteiger charge is -2.17. The van der Waals surface area contributed by atoms with Gasteiger partial charge in [0.15, 0.2) is 6.10 Å². The van der Waals surface area contributed by atoms with Crippen molar-refractivity contribution in [3.8, 4) is 17.2 Å². The summed E-state index contributed by atoms with van der Waals surface area (Å²) >= 11 is 5.95. The summed E-state index contributed by atoms with van der Waals surface area (Å²) < 4.78 is 11.4. The number of rotatable bonds is 6. The fourth-order valence-corrected chi connectivity index (χ4v) is 3.08. The van der Waals surface area contributed by atoms with E-state index in [1.165, 1.54) is 12.5 Å². The Balaban J connectivity index is 0.000000357. The van der Waals surface area contributed by atoms with Gasteiger partial charge in [-0.05, 0) is 80.3 Å². The quantitative estimate of drug-likeness (QED) is 0.486. The molecule has 1 atom stereocenters. The third-order valence-electron chi connectivity index (χ3n) is 4.52. The van der Waals surface area contributed by atoms with Crippen LogP contribution in [-0.2, 0) is 11.3 Å². The predicted octanol–water partition coefficient (Wildman–Crippen LogP) is 6.05. The summed E-state index contributed by atoms with van der Waals surface area (Å²) in [4.78, 5) is 10.9. The topological polar surface area (TPSA) is 81.8 Å². The van der Waals surface area contributed by atoms with Gasteiger partial charge in [0.1, 0.15) is 17.2 Å². The Bertz CT molecular complexity index is 998. The van der Waals surface area contributed by atoms with Gasteiger partial charge in [-0.1, -0.05) is 41.9 Å². The lowest BCUT2D eigenvalue weighted by atomic mass is 10.1. The molecule has 5 nitrogen and oxygen atoms in total. The molecule has 0 heterocycles. The van der Waals surface area contributed by atoms with E-state index in [1.54, 1.807) is 6.07 Å². The lowest BCUT2D eigenvalue weighted by Crippen LogP contribution is -2.23. The molecule has 0 radical (unpaired) electrons. The van der Waals surface area contributed by atoms with Gasteiger partial charge in [0.2, 0.25) is 0 Å². The van der Waals surface area contributed by atoms with Gasteiger partial charge in [-0.25, -0.2) is 4.79 Å². The Morgan fingerprint density at radius 3 is 2.10 bits per heavy atom. The van der Waals surface area contributed by atoms with Crippen LogP contribution in [0.15, 0.2) is 60.7 Å². The number of carboxylic acid groups (broad SMARTS) is 1. The van der Waals surface area contributed by atoms with Crippen molar-refractivity contribution in [1.82, 2.24) is 0 Å². The molecule has 0 amide bonds. The van der Waals surface area contributed by atoms with Crippen molar-refractivity contribution >= 4 is 17.6 Å². The van der Waals surface area contributed by atoms with Crippen LogP contribution in [-0.4, -0.2) is 17.2 Å². The zero-order valence-corrected chi connectivity index (χ0v) is 18.9. The minimum atomic E-state index is -0.999. The standard InChI is InChI=1S/C18H19ClO4.C7H9N/c1-10-7-14(19)5-6-16(10)23-15-8-11(2)17(12(3)9-15)22-13(4)18(20)21;8-6-7-4-2-1-3-5-7/h5-9,13H,1-4H3,(H,20,21);1-5H,6,8H2. The fourth-order valence-electron chi connectivity index (χ4n) is 2.85. The molecule has 0 saturated heterocycles. The SMILES string of the molecule is Cc1cc(Cl)ccc1Oc1cc(C)c(OC(C)C(=O)O)c(C)c1.NCc1ccccc1. The molecule has 1 unspecified atom stereocenters. The van der Waals surface area contributed by atoms with E-state index in [9.17, 15) is 4.79 Å². The summed E-state index contributed by atoms with van der Waals surface area (Å²) in [6.45, 7) is 7.79. The first-order chi connectivity index (χ1) is 14.7. The van der Waals surface area contributed by atoms with E-state index in [1.807, 2.05) is 75.4 Å². The number of halogens is 1. The van der Waals surface area contributed by atoms with Crippen molar-refractivity contribution in [3.63, 3.8) is 0 Å². The third kappa shape index (κ3) is 7.31. The maximum absolute atomic E-state index is 10.9. The molecule has 0 aliphatic carbocycles. The Morgan fingerprint density at radius 2 is 1.61 bits per heavy atom. The van der Waals surface area contributed by atoms with Gasteiger partial charge in [0.25, 0.3) is 0 Å². The number of benzene rings is 3. The van der Waals surface area contributed by atoms with Crippen LogP contribution < -0.4 is 15.2 Å². The summed E-state index contributed by atoms with van der Waals surface area (Å²) in [7, 11) is 0. The van der Waals surface area contributed by atoms with E-state index in [0.29, 0.717) is 23.1 Å². The molecule has 3 rings (SSSR count). The molecule has 3 aromatic rings. The smallest absolute Gasteiger partial charge is 0.344 e. The number of nitrogens with two attached hydrogens (primary N) is 1. The minimum absolute atomic E-state index is 0.570. The summed E-state index contributed by atoms with van der Waals surface area (Å²) in [6.07, 6.45) is -0.905. The third-order valence-corrected chi connectivity index (χ3v) is 4.75. The normalized spacial score (nSPS) is 11.2. The molecular formula is C25H28ClNO4. The van der Waals surface area contributed by atoms with E-state index in [2.05, 4.69) is 0 Å². The van der Waals surface area contributed by atoms with Crippen molar-refractivity contribution < 1.29 is 19.4 Å². The molecule has 164 valence electrons. The molecule has 0 aliphatic heterocycles. The monoisotopic (exact) mass is 441 g/mol. The summed E-state index contributed by atoms with van der Waals surface area (Å²) in [5.41, 5.74) is 9.11. The Morgan fingerprint density at radius 1 is 1.00 bits per heavy atom. The molecule has 31 heavy (non-hydrogen) atoms. The first kappa shape index (κ1) is 24.3. The van der Waals surface area contributed by atoms with E-state index in [4.69, 9.17) is 31.9 Å². The Kier molecular flexibility index (Phi) is 8.91. The number of aliphatic carboxylic acids is 1. The van der Waals surface area contributed by atoms with Gasteiger partial charge in [-0.15, -0.1) is 0 Å². The maximum atomic E-state index is 10.9. The minimum Gasteiger partial charge on any atom is -0.479 e. The number of hydrogen-bond acceptors (Lipinski definition) is 4. The molecule has 0 aromatic heterocycles. The Labute approximate surface area is 188 Å². The number of carboxylic acids is 1. The molecular weight excluding hydrogens is 414 g/mol. The maximum Gasteiger partial charge on any atom is 0.344 e. The van der Waals surface area contributed by atoms with Crippen molar-refractivity contribution in [3.05, 3.63) is 87.9 Å². The van der Waals surface area contributed by atoms with Crippen LogP contribution in [0.1, 0.15) is 29.2 Å². The predicted molar refractivity (Wildman–Crippen MR) is 124 cm³/mol. The fraction of sp³-hybridized carbons (Fsp3) is 0.240. The number of aryl methyl sites for hydroxylation is 3. The van der Waals surface area contributed by atoms with E-state index in [0.717, 1.165) is 22.4 Å². The highest BCUT2D eigenvalue weighted by Crippen LogP contribution is 2.33. The van der Waals surface area contributed by atoms with Gasteiger partial charge >= 0.3 is 5.97 Å². The van der Waals surface area contributed by atoms with Crippen molar-refractivity contribution in [1.29, 1.82) is 0 Å². The molecule has 0 aliphatic rings. The van der Waals surface area contributed by atoms with Gasteiger partial charge < -0.3 is 20.3 Å². The summed E-state index contributed by atoms with van der Waals surface area (Å²) in [6, 6.07) is 19.1. The number of carbonyl (C=O) groups is 1. The average Bonchev–Trinajstić information content (AvgIpc) is 2.73. The summed E-state index contributed by atoms with van der Waals surface area (Å²) in [5, 5.41) is 9.63. The van der Waals surface area contributed by atoms with Crippen molar-refractivity contribution in [2.45, 2.75) is 40.3 Å². The molecule has 0 spiro atoms. The van der Waals surface area contributed by atoms with Crippen LogP contribution in [0.5, 0.6) is 17.2 Å². The van der Waals surface area contributed by atoms with Crippen LogP contribution >= 0.6 is 11.6 Å². The van der Waals surface area contributed by atoms with Crippen LogP contribution in [0.4, 0.5) is 0 Å². The summed E-state index contributed by atoms with van der Waals surface area (Å²) in [5.74, 6) is 0.961. The van der Waals surface area contributed by atoms with E-state index in [-0.39, 0.29) is 0 Å². The average molecular weight is 442 g/mol. The number of ether oxygens (including phenoxy) is 2. The first-order valence-electron chi connectivity index (χ1n) is 9.90. The van der Waals surface area contributed by atoms with Gasteiger partial charge in [-0.2, -0.15) is 0 Å². The van der Waals surface area contributed by atoms with Gasteiger partial charge in [0.05, 0.1) is 0 Å². The first-order valence-corrected chi connectivity index (χ1v) is 10.3. The largest absolute Gasteiger partial charge is 0.479 e. The highest BCUT2D eigenvalue weighted by molar-refractivity contribution is 6.30. The van der Waals surface area contributed by atoms with Crippen LogP contribution in [0, 0.1) is 20.8 Å². The molecule has 3 aromatic carbocycles. The van der Waals surface area contributed by atoms with Crippen molar-refractivity contribution in [2.75, 3.05) is 0 Å². The molecule has 0 fully saturated rings. The molecule has 0 bridgehead atoms. The van der Waals surface area contributed by atoms with Crippen molar-refractivity contribution in [2.24, 2.45) is 5.73 Å². The second-order valence-electron chi connectivity index (χ2n) is 7.19. The second-order valence-corrected chi connectivity index (χ2v) is 7.62. The van der Waals surface area contributed by atoms with Gasteiger partial charge in [-0.3, -0.25) is 0 Å². The molecule has 6 heteroatoms. The molecule has 0 saturated carbocycles. The molecule has 3 N–H and O–H groups in total. The zero-order valence-electron chi connectivity index (χ0n) is 18.2. The second kappa shape index (κ2) is 11.4. The zero-order chi connectivity index (χ0) is 23.0. The highest BCUT2D eigenvalue weighted by Gasteiger charge is 2.16. The van der Waals surface area contributed by atoms with Crippen LogP contribution in [0.25, 0.3) is 0 Å². The van der Waals surface area contributed by atoms with Crippen LogP contribution in [0.2, 0.25) is 5.02 Å². The van der Waals surface area contributed by atoms with E-state index >= 15 is 0 Å². The highest BCUT2D eigenvalue weighted by atomic mass is 35.5. The van der Waals surface area contributed by atoms with Crippen LogP contribution in [0.3, 0.4) is 0 Å². The lowest BCUT2D eigenvalue weighted by molar-refractivity contribution is -0.144. The Hall–Kier alpha value is -3.02. The van der Waals surface area contributed by atoms with E-state index < -0.39 is 12.1 Å². The number of hydrogen-bond donors (Lipinski definition) is 2. The van der Waals surface area contributed by atoms with Gasteiger partial charge in [0, 0.05) is 11.6 Å².